The molecule has 0 saturated heterocycles. The van der Waals surface area contributed by atoms with Gasteiger partial charge in [-0.2, -0.15) is 0 Å². The fourth-order valence-corrected chi connectivity index (χ4v) is 8.74. The average Bonchev–Trinajstić information content (AvgIpc) is 3.02. The molecule has 4 aliphatic rings. The third kappa shape index (κ3) is 3.55. The van der Waals surface area contributed by atoms with Crippen molar-refractivity contribution in [2.45, 2.75) is 111 Å². The van der Waals surface area contributed by atoms with E-state index in [-0.39, 0.29) is 5.41 Å². The van der Waals surface area contributed by atoms with Crippen molar-refractivity contribution in [1.82, 2.24) is 0 Å². The van der Waals surface area contributed by atoms with Crippen LogP contribution in [0.5, 0.6) is 0 Å². The zero-order chi connectivity index (χ0) is 21.0. The van der Waals surface area contributed by atoms with Gasteiger partial charge in [-0.05, 0) is 96.9 Å². The number of fused-ring (bicyclic) bond motifs is 5. The third-order valence-electron chi connectivity index (χ3n) is 10.4. The molecular formula is C27H46O2. The molecule has 0 heterocycles. The van der Waals surface area contributed by atoms with Crippen molar-refractivity contribution in [3.05, 3.63) is 11.6 Å². The molecule has 0 amide bonds. The fraction of sp³-hybridized carbons (Fsp3) is 0.926. The normalized spacial score (nSPS) is 47.9. The molecule has 0 aromatic carbocycles. The van der Waals surface area contributed by atoms with E-state index in [0.29, 0.717) is 11.3 Å². The Labute approximate surface area is 179 Å². The second-order valence-corrected chi connectivity index (χ2v) is 12.3. The quantitative estimate of drug-likeness (QED) is 0.525. The van der Waals surface area contributed by atoms with Crippen molar-refractivity contribution in [3.63, 3.8) is 0 Å². The van der Waals surface area contributed by atoms with Gasteiger partial charge >= 0.3 is 0 Å². The van der Waals surface area contributed by atoms with Gasteiger partial charge in [0.05, 0.1) is 6.10 Å². The van der Waals surface area contributed by atoms with Crippen LogP contribution in [-0.4, -0.2) is 22.4 Å². The molecule has 0 unspecified atom stereocenters. The fourth-order valence-electron chi connectivity index (χ4n) is 8.74. The van der Waals surface area contributed by atoms with Crippen LogP contribution in [0.25, 0.3) is 0 Å². The van der Waals surface area contributed by atoms with E-state index in [1.807, 2.05) is 0 Å². The van der Waals surface area contributed by atoms with Crippen LogP contribution in [0, 0.1) is 46.3 Å². The van der Waals surface area contributed by atoms with Gasteiger partial charge in [-0.1, -0.05) is 60.0 Å². The molecule has 3 fully saturated rings. The van der Waals surface area contributed by atoms with Crippen molar-refractivity contribution in [2.75, 3.05) is 0 Å². The molecule has 29 heavy (non-hydrogen) atoms. The van der Waals surface area contributed by atoms with Crippen molar-refractivity contribution >= 4 is 0 Å². The maximum Gasteiger partial charge on any atom is 0.101 e. The Kier molecular flexibility index (Phi) is 6.01. The highest BCUT2D eigenvalue weighted by atomic mass is 16.3. The zero-order valence-electron chi connectivity index (χ0n) is 19.7. The monoisotopic (exact) mass is 402 g/mol. The van der Waals surface area contributed by atoms with Gasteiger partial charge in [0.15, 0.2) is 0 Å². The van der Waals surface area contributed by atoms with E-state index in [1.54, 1.807) is 0 Å². The minimum absolute atomic E-state index is 0.115. The summed E-state index contributed by atoms with van der Waals surface area (Å²) in [6.45, 7) is 12.3. The third-order valence-corrected chi connectivity index (χ3v) is 10.4. The second-order valence-electron chi connectivity index (χ2n) is 12.3. The number of aliphatic hydroxyl groups excluding tert-OH is 2. The molecule has 0 spiro atoms. The molecule has 3 saturated carbocycles. The lowest BCUT2D eigenvalue weighted by Gasteiger charge is -2.59. The lowest BCUT2D eigenvalue weighted by molar-refractivity contribution is -0.0801. The van der Waals surface area contributed by atoms with Gasteiger partial charge in [0.1, 0.15) is 6.10 Å². The largest absolute Gasteiger partial charge is 0.390 e. The summed E-state index contributed by atoms with van der Waals surface area (Å²) in [4.78, 5) is 0. The van der Waals surface area contributed by atoms with Gasteiger partial charge < -0.3 is 10.2 Å². The summed E-state index contributed by atoms with van der Waals surface area (Å²) in [7, 11) is 0. The van der Waals surface area contributed by atoms with E-state index in [1.165, 1.54) is 50.5 Å². The SMILES string of the molecule is CC(C)CCC[C@@H](C)[C@H]1CC[C@H]2[C@H]3CC=C4[C@@H](O)[C@@H](O)CC[C@]4(C)[C@H]3CC[C@]12C. The molecular weight excluding hydrogens is 356 g/mol. The predicted octanol–water partition coefficient (Wildman–Crippen LogP) is 6.36. The molecule has 2 heteroatoms. The molecule has 9 atom stereocenters. The van der Waals surface area contributed by atoms with Gasteiger partial charge in [-0.3, -0.25) is 0 Å². The Morgan fingerprint density at radius 1 is 0.966 bits per heavy atom. The topological polar surface area (TPSA) is 40.5 Å². The summed E-state index contributed by atoms with van der Waals surface area (Å²) in [5.41, 5.74) is 1.81. The highest BCUT2D eigenvalue weighted by Gasteiger charge is 2.60. The Balaban J connectivity index is 1.51. The first-order valence-corrected chi connectivity index (χ1v) is 12.7. The first kappa shape index (κ1) is 21.9. The molecule has 0 aromatic rings. The minimum atomic E-state index is -0.625. The summed E-state index contributed by atoms with van der Waals surface area (Å²) in [5.74, 6) is 4.95. The van der Waals surface area contributed by atoms with Crippen LogP contribution in [0.3, 0.4) is 0 Å². The molecule has 4 aliphatic carbocycles. The van der Waals surface area contributed by atoms with Gasteiger partial charge in [-0.15, -0.1) is 0 Å². The van der Waals surface area contributed by atoms with Crippen LogP contribution >= 0.6 is 0 Å². The Morgan fingerprint density at radius 2 is 1.72 bits per heavy atom. The van der Waals surface area contributed by atoms with Crippen LogP contribution in [-0.2, 0) is 0 Å². The van der Waals surface area contributed by atoms with Gasteiger partial charge in [-0.25, -0.2) is 0 Å². The summed E-state index contributed by atoms with van der Waals surface area (Å²) in [5, 5.41) is 20.9. The Hall–Kier alpha value is -0.340. The zero-order valence-corrected chi connectivity index (χ0v) is 19.7. The highest BCUT2D eigenvalue weighted by molar-refractivity contribution is 5.29. The Morgan fingerprint density at radius 3 is 2.45 bits per heavy atom. The van der Waals surface area contributed by atoms with E-state index in [0.717, 1.165) is 48.9 Å². The number of aliphatic hydroxyl groups is 2. The van der Waals surface area contributed by atoms with Gasteiger partial charge in [0, 0.05) is 0 Å². The average molecular weight is 403 g/mol. The lowest BCUT2D eigenvalue weighted by Crippen LogP contribution is -2.53. The summed E-state index contributed by atoms with van der Waals surface area (Å²) in [6.07, 6.45) is 13.9. The van der Waals surface area contributed by atoms with E-state index in [9.17, 15) is 10.2 Å². The molecule has 0 radical (unpaired) electrons. The number of hydrogen-bond donors (Lipinski definition) is 2. The van der Waals surface area contributed by atoms with E-state index >= 15 is 0 Å². The van der Waals surface area contributed by atoms with Crippen LogP contribution in [0.2, 0.25) is 0 Å². The summed E-state index contributed by atoms with van der Waals surface area (Å²) in [6, 6.07) is 0. The second kappa shape index (κ2) is 7.97. The first-order chi connectivity index (χ1) is 13.7. The maximum atomic E-state index is 10.7. The van der Waals surface area contributed by atoms with Crippen molar-refractivity contribution in [2.24, 2.45) is 46.3 Å². The minimum Gasteiger partial charge on any atom is -0.390 e. The molecule has 166 valence electrons. The van der Waals surface area contributed by atoms with Crippen molar-refractivity contribution < 1.29 is 10.2 Å². The number of hydrogen-bond acceptors (Lipinski definition) is 2. The molecule has 4 rings (SSSR count). The van der Waals surface area contributed by atoms with Crippen LogP contribution < -0.4 is 0 Å². The van der Waals surface area contributed by atoms with Crippen LogP contribution in [0.1, 0.15) is 98.8 Å². The van der Waals surface area contributed by atoms with Gasteiger partial charge in [0.2, 0.25) is 0 Å². The molecule has 2 N–H and O–H groups in total. The predicted molar refractivity (Wildman–Crippen MR) is 120 cm³/mol. The van der Waals surface area contributed by atoms with Crippen LogP contribution in [0.15, 0.2) is 11.6 Å². The Bertz CT molecular complexity index is 624. The van der Waals surface area contributed by atoms with Crippen LogP contribution in [0.4, 0.5) is 0 Å². The number of allylic oxidation sites excluding steroid dienone is 1. The number of rotatable bonds is 5. The summed E-state index contributed by atoms with van der Waals surface area (Å²) >= 11 is 0. The van der Waals surface area contributed by atoms with E-state index in [2.05, 4.69) is 40.7 Å². The highest BCUT2D eigenvalue weighted by Crippen LogP contribution is 2.67. The smallest absolute Gasteiger partial charge is 0.101 e. The lowest BCUT2D eigenvalue weighted by atomic mass is 9.46. The standard InChI is InChI=1S/C27H46O2/c1-17(2)7-6-8-18(3)20-11-12-21-19-9-10-23-25(29)24(28)14-16-27(23,5)22(19)13-15-26(20,21)4/h10,17-22,24-25,28-29H,6-9,11-16H2,1-5H3/t18-,19-,20-,21+,22+,24+,25-,26-,27-/m1/s1. The summed E-state index contributed by atoms with van der Waals surface area (Å²) < 4.78 is 0. The maximum absolute atomic E-state index is 10.7. The molecule has 0 aliphatic heterocycles. The molecule has 0 bridgehead atoms. The molecule has 2 nitrogen and oxygen atoms in total. The van der Waals surface area contributed by atoms with Crippen molar-refractivity contribution in [3.8, 4) is 0 Å². The van der Waals surface area contributed by atoms with E-state index < -0.39 is 12.2 Å². The van der Waals surface area contributed by atoms with Gasteiger partial charge in [0.25, 0.3) is 0 Å². The van der Waals surface area contributed by atoms with Crippen molar-refractivity contribution in [1.29, 1.82) is 0 Å². The van der Waals surface area contributed by atoms with E-state index in [4.69, 9.17) is 0 Å². The first-order valence-electron chi connectivity index (χ1n) is 12.7. The molecule has 0 aromatic heterocycles.